The van der Waals surface area contributed by atoms with Crippen LogP contribution in [0.25, 0.3) is 11.1 Å². The molecule has 3 aromatic rings. The van der Waals surface area contributed by atoms with Crippen molar-refractivity contribution in [2.24, 2.45) is 0 Å². The molecule has 0 spiro atoms. The van der Waals surface area contributed by atoms with Crippen molar-refractivity contribution in [2.75, 3.05) is 13.1 Å². The molecule has 1 unspecified atom stereocenters. The van der Waals surface area contributed by atoms with Crippen LogP contribution in [0.1, 0.15) is 30.0 Å². The number of aromatic amines is 1. The Balaban J connectivity index is 1.59. The van der Waals surface area contributed by atoms with Crippen molar-refractivity contribution in [1.29, 1.82) is 0 Å². The van der Waals surface area contributed by atoms with E-state index in [-0.39, 0.29) is 11.5 Å². The summed E-state index contributed by atoms with van der Waals surface area (Å²) in [5, 5.41) is 11.3. The summed E-state index contributed by atoms with van der Waals surface area (Å²) in [5.74, 6) is -0.897. The van der Waals surface area contributed by atoms with Gasteiger partial charge in [-0.3, -0.25) is 10.00 Å². The molecule has 130 valence electrons. The van der Waals surface area contributed by atoms with Crippen LogP contribution in [0.15, 0.2) is 41.2 Å². The number of rotatable bonds is 4. The molecule has 0 saturated carbocycles. The number of piperidine rings is 1. The lowest BCUT2D eigenvalue weighted by Crippen LogP contribution is -2.34. The highest BCUT2D eigenvalue weighted by Crippen LogP contribution is 2.35. The molecule has 6 heteroatoms. The van der Waals surface area contributed by atoms with Crippen LogP contribution >= 0.6 is 11.3 Å². The topological polar surface area (TPSA) is 31.9 Å². The number of hydrogen-bond acceptors (Lipinski definition) is 3. The Bertz CT molecular complexity index is 824. The maximum atomic E-state index is 14.2. The molecular formula is C19H19F2N3S. The second kappa shape index (κ2) is 7.06. The average Bonchev–Trinajstić information content (AvgIpc) is 3.27. The van der Waals surface area contributed by atoms with E-state index < -0.39 is 11.6 Å². The van der Waals surface area contributed by atoms with Crippen molar-refractivity contribution in [2.45, 2.75) is 25.3 Å². The smallest absolute Gasteiger partial charge is 0.134 e. The Morgan fingerprint density at radius 2 is 2.08 bits per heavy atom. The fraction of sp³-hybridized carbons (Fsp3) is 0.316. The van der Waals surface area contributed by atoms with E-state index in [1.807, 2.05) is 0 Å². The number of nitrogens with zero attached hydrogens (tertiary/aromatic N) is 2. The first kappa shape index (κ1) is 16.4. The SMILES string of the molecule is Fc1cccc(F)c1-c1cn[nH]c1C1CCCN(Cc2ccsc2)C1. The van der Waals surface area contributed by atoms with Crippen molar-refractivity contribution in [3.63, 3.8) is 0 Å². The van der Waals surface area contributed by atoms with Crippen LogP contribution in [0.3, 0.4) is 0 Å². The van der Waals surface area contributed by atoms with Gasteiger partial charge in [-0.05, 0) is 53.9 Å². The van der Waals surface area contributed by atoms with Gasteiger partial charge in [0.05, 0.1) is 11.8 Å². The largest absolute Gasteiger partial charge is 0.298 e. The van der Waals surface area contributed by atoms with E-state index in [1.165, 1.54) is 30.0 Å². The molecule has 3 heterocycles. The van der Waals surface area contributed by atoms with E-state index in [2.05, 4.69) is 31.9 Å². The summed E-state index contributed by atoms with van der Waals surface area (Å²) in [5.41, 5.74) is 2.70. The predicted molar refractivity (Wildman–Crippen MR) is 95.5 cm³/mol. The van der Waals surface area contributed by atoms with E-state index in [0.717, 1.165) is 38.2 Å². The zero-order valence-electron chi connectivity index (χ0n) is 13.7. The average molecular weight is 359 g/mol. The lowest BCUT2D eigenvalue weighted by molar-refractivity contribution is 0.199. The number of hydrogen-bond donors (Lipinski definition) is 1. The lowest BCUT2D eigenvalue weighted by atomic mass is 9.90. The normalized spacial score (nSPS) is 18.6. The summed E-state index contributed by atoms with van der Waals surface area (Å²) < 4.78 is 28.4. The second-order valence-corrected chi connectivity index (χ2v) is 7.28. The number of H-pyrrole nitrogens is 1. The monoisotopic (exact) mass is 359 g/mol. The van der Waals surface area contributed by atoms with E-state index in [4.69, 9.17) is 0 Å². The molecule has 0 radical (unpaired) electrons. The summed E-state index contributed by atoms with van der Waals surface area (Å²) in [6, 6.07) is 6.11. The molecule has 4 rings (SSSR count). The van der Waals surface area contributed by atoms with Gasteiger partial charge in [0.2, 0.25) is 0 Å². The fourth-order valence-electron chi connectivity index (χ4n) is 3.64. The van der Waals surface area contributed by atoms with Gasteiger partial charge in [0, 0.05) is 30.3 Å². The predicted octanol–water partition coefficient (Wildman–Crippen LogP) is 4.80. The first-order chi connectivity index (χ1) is 12.2. The van der Waals surface area contributed by atoms with Crippen LogP contribution < -0.4 is 0 Å². The van der Waals surface area contributed by atoms with Crippen molar-refractivity contribution >= 4 is 11.3 Å². The second-order valence-electron chi connectivity index (χ2n) is 6.50. The fourth-order valence-corrected chi connectivity index (χ4v) is 4.30. The van der Waals surface area contributed by atoms with Crippen molar-refractivity contribution in [3.05, 3.63) is 64.1 Å². The molecule has 1 aliphatic heterocycles. The molecule has 1 aromatic carbocycles. The van der Waals surface area contributed by atoms with E-state index in [1.54, 1.807) is 11.3 Å². The molecule has 1 fully saturated rings. The summed E-state index contributed by atoms with van der Waals surface area (Å²) in [6.07, 6.45) is 3.59. The maximum absolute atomic E-state index is 14.2. The number of thiophene rings is 1. The first-order valence-electron chi connectivity index (χ1n) is 8.43. The van der Waals surface area contributed by atoms with Crippen molar-refractivity contribution < 1.29 is 8.78 Å². The number of nitrogens with one attached hydrogen (secondary N) is 1. The van der Waals surface area contributed by atoms with Crippen LogP contribution in [0.4, 0.5) is 8.78 Å². The molecule has 0 bridgehead atoms. The quantitative estimate of drug-likeness (QED) is 0.726. The van der Waals surface area contributed by atoms with Gasteiger partial charge in [0.25, 0.3) is 0 Å². The van der Waals surface area contributed by atoms with Crippen LogP contribution in [0, 0.1) is 11.6 Å². The molecule has 0 amide bonds. The third kappa shape index (κ3) is 3.37. The van der Waals surface area contributed by atoms with E-state index in [9.17, 15) is 8.78 Å². The summed E-state index contributed by atoms with van der Waals surface area (Å²) >= 11 is 1.70. The zero-order valence-corrected chi connectivity index (χ0v) is 14.5. The molecule has 25 heavy (non-hydrogen) atoms. The van der Waals surface area contributed by atoms with Gasteiger partial charge < -0.3 is 0 Å². The number of aromatic nitrogens is 2. The third-order valence-electron chi connectivity index (χ3n) is 4.80. The van der Waals surface area contributed by atoms with Crippen LogP contribution in [-0.2, 0) is 6.54 Å². The third-order valence-corrected chi connectivity index (χ3v) is 5.53. The summed E-state index contributed by atoms with van der Waals surface area (Å²) in [6.45, 7) is 2.82. The first-order valence-corrected chi connectivity index (χ1v) is 9.37. The Labute approximate surface area is 149 Å². The highest BCUT2D eigenvalue weighted by atomic mass is 32.1. The van der Waals surface area contributed by atoms with Gasteiger partial charge in [-0.15, -0.1) is 0 Å². The van der Waals surface area contributed by atoms with Crippen LogP contribution in [0.5, 0.6) is 0 Å². The Hall–Kier alpha value is -2.05. The van der Waals surface area contributed by atoms with Crippen molar-refractivity contribution in [1.82, 2.24) is 15.1 Å². The minimum absolute atomic E-state index is 0.0150. The van der Waals surface area contributed by atoms with Gasteiger partial charge in [0.15, 0.2) is 0 Å². The maximum Gasteiger partial charge on any atom is 0.134 e. The van der Waals surface area contributed by atoms with Gasteiger partial charge in [-0.25, -0.2) is 8.78 Å². The van der Waals surface area contributed by atoms with Gasteiger partial charge in [0.1, 0.15) is 11.6 Å². The van der Waals surface area contributed by atoms with E-state index >= 15 is 0 Å². The van der Waals surface area contributed by atoms with Gasteiger partial charge in [-0.1, -0.05) is 6.07 Å². The lowest BCUT2D eigenvalue weighted by Gasteiger charge is -2.32. The molecule has 1 N–H and O–H groups in total. The Morgan fingerprint density at radius 3 is 2.84 bits per heavy atom. The highest BCUT2D eigenvalue weighted by Gasteiger charge is 2.27. The number of likely N-dealkylation sites (tertiary alicyclic amines) is 1. The summed E-state index contributed by atoms with van der Waals surface area (Å²) in [4.78, 5) is 2.40. The molecule has 1 saturated heterocycles. The minimum atomic E-state index is -0.548. The van der Waals surface area contributed by atoms with E-state index in [0.29, 0.717) is 5.56 Å². The zero-order chi connectivity index (χ0) is 17.2. The number of benzene rings is 1. The minimum Gasteiger partial charge on any atom is -0.298 e. The standard InChI is InChI=1S/C19H19F2N3S/c20-16-4-1-5-17(21)18(16)15-9-22-23-19(15)14-3-2-7-24(11-14)10-13-6-8-25-12-13/h1,4-6,8-9,12,14H,2-3,7,10-11H2,(H,22,23). The Morgan fingerprint density at radius 1 is 1.24 bits per heavy atom. The molecule has 0 aliphatic carbocycles. The molecule has 2 aromatic heterocycles. The molecule has 3 nitrogen and oxygen atoms in total. The highest BCUT2D eigenvalue weighted by molar-refractivity contribution is 7.07. The molecule has 1 atom stereocenters. The van der Waals surface area contributed by atoms with Crippen molar-refractivity contribution in [3.8, 4) is 11.1 Å². The van der Waals surface area contributed by atoms with Gasteiger partial charge >= 0.3 is 0 Å². The van der Waals surface area contributed by atoms with Crippen LogP contribution in [-0.4, -0.2) is 28.2 Å². The molecule has 1 aliphatic rings. The van der Waals surface area contributed by atoms with Crippen LogP contribution in [0.2, 0.25) is 0 Å². The molecular weight excluding hydrogens is 340 g/mol. The summed E-state index contributed by atoms with van der Waals surface area (Å²) in [7, 11) is 0. The number of halogens is 2. The van der Waals surface area contributed by atoms with Gasteiger partial charge in [-0.2, -0.15) is 16.4 Å². The Kier molecular flexibility index (Phi) is 4.63.